The first-order chi connectivity index (χ1) is 10.2. The molecule has 0 radical (unpaired) electrons. The summed E-state index contributed by atoms with van der Waals surface area (Å²) in [6.45, 7) is 0.334. The third kappa shape index (κ3) is 4.81. The molecule has 0 saturated heterocycles. The summed E-state index contributed by atoms with van der Waals surface area (Å²) in [7, 11) is 0. The monoisotopic (exact) mass is 305 g/mol. The molecule has 6 heteroatoms. The molecule has 5 nitrogen and oxygen atoms in total. The molecule has 2 heterocycles. The van der Waals surface area contributed by atoms with E-state index < -0.39 is 0 Å². The van der Waals surface area contributed by atoms with Gasteiger partial charge in [-0.15, -0.1) is 0 Å². The Kier molecular flexibility index (Phi) is 5.66. The molecule has 0 aliphatic rings. The Morgan fingerprint density at radius 3 is 2.76 bits per heavy atom. The van der Waals surface area contributed by atoms with Crippen LogP contribution in [0.2, 0.25) is 5.02 Å². The van der Waals surface area contributed by atoms with Crippen molar-refractivity contribution in [2.75, 3.05) is 13.2 Å². The fraction of sp³-hybridized carbons (Fsp3) is 0.267. The van der Waals surface area contributed by atoms with Gasteiger partial charge in [0, 0.05) is 37.2 Å². The van der Waals surface area contributed by atoms with Crippen LogP contribution in [0.5, 0.6) is 0 Å². The second-order valence-corrected chi connectivity index (χ2v) is 5.08. The number of aromatic nitrogens is 2. The number of hydrogen-bond donors (Lipinski definition) is 2. The topological polar surface area (TPSA) is 75.1 Å². The molecule has 0 aromatic carbocycles. The number of pyridine rings is 2. The van der Waals surface area contributed by atoms with Crippen molar-refractivity contribution in [2.24, 2.45) is 5.92 Å². The third-order valence-electron chi connectivity index (χ3n) is 2.99. The third-order valence-corrected chi connectivity index (χ3v) is 3.22. The Hall–Kier alpha value is -1.98. The lowest BCUT2D eigenvalue weighted by molar-refractivity contribution is 0.0935. The highest BCUT2D eigenvalue weighted by molar-refractivity contribution is 6.30. The van der Waals surface area contributed by atoms with E-state index in [0.717, 1.165) is 5.69 Å². The van der Waals surface area contributed by atoms with Gasteiger partial charge in [0.2, 0.25) is 0 Å². The van der Waals surface area contributed by atoms with Crippen molar-refractivity contribution in [3.63, 3.8) is 0 Å². The van der Waals surface area contributed by atoms with Crippen LogP contribution >= 0.6 is 11.6 Å². The van der Waals surface area contributed by atoms with Crippen molar-refractivity contribution in [3.05, 3.63) is 59.1 Å². The number of hydrogen-bond acceptors (Lipinski definition) is 4. The molecule has 0 aliphatic carbocycles. The fourth-order valence-corrected chi connectivity index (χ4v) is 1.97. The summed E-state index contributed by atoms with van der Waals surface area (Å²) in [5, 5.41) is 12.6. The number of nitrogens with one attached hydrogen (secondary N) is 1. The molecule has 0 aliphatic heterocycles. The average Bonchev–Trinajstić information content (AvgIpc) is 2.52. The lowest BCUT2D eigenvalue weighted by Crippen LogP contribution is -2.32. The van der Waals surface area contributed by atoms with E-state index >= 15 is 0 Å². The highest BCUT2D eigenvalue weighted by Gasteiger charge is 2.13. The van der Waals surface area contributed by atoms with Crippen LogP contribution in [-0.2, 0) is 6.42 Å². The molecule has 0 unspecified atom stereocenters. The molecule has 21 heavy (non-hydrogen) atoms. The maximum Gasteiger partial charge on any atom is 0.269 e. The van der Waals surface area contributed by atoms with E-state index in [1.54, 1.807) is 18.3 Å². The van der Waals surface area contributed by atoms with Gasteiger partial charge in [-0.05, 0) is 30.7 Å². The minimum Gasteiger partial charge on any atom is -0.396 e. The van der Waals surface area contributed by atoms with Gasteiger partial charge in [0.05, 0.1) is 5.02 Å². The average molecular weight is 306 g/mol. The second-order valence-electron chi connectivity index (χ2n) is 4.65. The molecule has 110 valence electrons. The molecular formula is C15H16ClN3O2. The molecule has 0 fully saturated rings. The van der Waals surface area contributed by atoms with Crippen molar-refractivity contribution in [2.45, 2.75) is 6.42 Å². The summed E-state index contributed by atoms with van der Waals surface area (Å²) in [4.78, 5) is 20.1. The summed E-state index contributed by atoms with van der Waals surface area (Å²) in [5.41, 5.74) is 1.18. The van der Waals surface area contributed by atoms with Crippen LogP contribution < -0.4 is 5.32 Å². The van der Waals surface area contributed by atoms with Gasteiger partial charge in [0.25, 0.3) is 5.91 Å². The molecule has 2 aromatic rings. The van der Waals surface area contributed by atoms with E-state index in [1.165, 1.54) is 6.20 Å². The van der Waals surface area contributed by atoms with Gasteiger partial charge in [-0.25, -0.2) is 4.98 Å². The minimum atomic E-state index is -0.286. The summed E-state index contributed by atoms with van der Waals surface area (Å²) in [6, 6.07) is 8.80. The maximum atomic E-state index is 11.9. The predicted octanol–water partition coefficient (Wildman–Crippen LogP) is 1.71. The molecule has 2 N–H and O–H groups in total. The van der Waals surface area contributed by atoms with Crippen LogP contribution in [0.4, 0.5) is 0 Å². The van der Waals surface area contributed by atoms with Gasteiger partial charge in [-0.2, -0.15) is 0 Å². The van der Waals surface area contributed by atoms with Crippen molar-refractivity contribution < 1.29 is 9.90 Å². The quantitative estimate of drug-likeness (QED) is 0.852. The summed E-state index contributed by atoms with van der Waals surface area (Å²) < 4.78 is 0. The molecule has 0 saturated carbocycles. The zero-order chi connectivity index (χ0) is 15.1. The number of carbonyl (C=O) groups excluding carboxylic acids is 1. The summed E-state index contributed by atoms with van der Waals surface area (Å²) in [6.07, 6.45) is 3.74. The Bertz CT molecular complexity index is 575. The van der Waals surface area contributed by atoms with E-state index in [0.29, 0.717) is 23.7 Å². The van der Waals surface area contributed by atoms with Crippen molar-refractivity contribution >= 4 is 17.5 Å². The Morgan fingerprint density at radius 1 is 1.29 bits per heavy atom. The first-order valence-corrected chi connectivity index (χ1v) is 6.97. The van der Waals surface area contributed by atoms with Crippen LogP contribution in [0.15, 0.2) is 42.7 Å². The van der Waals surface area contributed by atoms with E-state index in [-0.39, 0.29) is 18.4 Å². The Morgan fingerprint density at radius 2 is 2.14 bits per heavy atom. The molecule has 0 bridgehead atoms. The van der Waals surface area contributed by atoms with Crippen molar-refractivity contribution in [1.29, 1.82) is 0 Å². The largest absolute Gasteiger partial charge is 0.396 e. The van der Waals surface area contributed by atoms with Crippen LogP contribution in [0.1, 0.15) is 16.2 Å². The van der Waals surface area contributed by atoms with Crippen molar-refractivity contribution in [3.8, 4) is 0 Å². The zero-order valence-electron chi connectivity index (χ0n) is 11.4. The fourth-order valence-electron chi connectivity index (χ4n) is 1.85. The minimum absolute atomic E-state index is 0.0229. The van der Waals surface area contributed by atoms with Gasteiger partial charge >= 0.3 is 0 Å². The lowest BCUT2D eigenvalue weighted by Gasteiger charge is -2.14. The number of halogens is 1. The normalized spacial score (nSPS) is 11.9. The summed E-state index contributed by atoms with van der Waals surface area (Å²) >= 11 is 5.72. The van der Waals surface area contributed by atoms with Gasteiger partial charge in [0.1, 0.15) is 5.69 Å². The lowest BCUT2D eigenvalue weighted by atomic mass is 10.0. The molecule has 1 amide bonds. The van der Waals surface area contributed by atoms with E-state index in [2.05, 4.69) is 15.3 Å². The number of aliphatic hydroxyl groups excluding tert-OH is 1. The van der Waals surface area contributed by atoms with Crippen LogP contribution in [0, 0.1) is 5.92 Å². The molecule has 1 atom stereocenters. The standard InChI is InChI=1S/C15H16ClN3O2/c16-12-4-5-14(18-9-12)15(21)19-8-11(10-20)7-13-3-1-2-6-17-13/h1-6,9,11,20H,7-8,10H2,(H,19,21)/t11-/m1/s1. The number of carbonyl (C=O) groups is 1. The molecule has 2 aromatic heterocycles. The van der Waals surface area contributed by atoms with E-state index in [9.17, 15) is 9.90 Å². The van der Waals surface area contributed by atoms with Gasteiger partial charge in [-0.1, -0.05) is 17.7 Å². The molecular weight excluding hydrogens is 290 g/mol. The zero-order valence-corrected chi connectivity index (χ0v) is 12.1. The van der Waals surface area contributed by atoms with Gasteiger partial charge < -0.3 is 10.4 Å². The number of aliphatic hydroxyl groups is 1. The van der Waals surface area contributed by atoms with Crippen LogP contribution in [0.25, 0.3) is 0 Å². The first-order valence-electron chi connectivity index (χ1n) is 6.59. The van der Waals surface area contributed by atoms with E-state index in [4.69, 9.17) is 11.6 Å². The Balaban J connectivity index is 1.88. The highest BCUT2D eigenvalue weighted by Crippen LogP contribution is 2.07. The number of nitrogens with zero attached hydrogens (tertiary/aromatic N) is 2. The highest BCUT2D eigenvalue weighted by atomic mass is 35.5. The molecule has 0 spiro atoms. The molecule has 2 rings (SSSR count). The van der Waals surface area contributed by atoms with E-state index in [1.807, 2.05) is 18.2 Å². The van der Waals surface area contributed by atoms with Gasteiger partial charge in [-0.3, -0.25) is 9.78 Å². The second kappa shape index (κ2) is 7.71. The summed E-state index contributed by atoms with van der Waals surface area (Å²) in [5.74, 6) is -0.373. The predicted molar refractivity (Wildman–Crippen MR) is 80.1 cm³/mol. The van der Waals surface area contributed by atoms with Crippen LogP contribution in [0.3, 0.4) is 0 Å². The smallest absolute Gasteiger partial charge is 0.269 e. The van der Waals surface area contributed by atoms with Crippen molar-refractivity contribution in [1.82, 2.24) is 15.3 Å². The number of amides is 1. The van der Waals surface area contributed by atoms with Gasteiger partial charge in [0.15, 0.2) is 0 Å². The van der Waals surface area contributed by atoms with Crippen LogP contribution in [-0.4, -0.2) is 34.1 Å². The first kappa shape index (κ1) is 15.4. The SMILES string of the molecule is O=C(NC[C@H](CO)Cc1ccccn1)c1ccc(Cl)cn1. The Labute approximate surface area is 128 Å². The maximum absolute atomic E-state index is 11.9. The number of rotatable bonds is 6.